The Hall–Kier alpha value is -2.94. The first-order chi connectivity index (χ1) is 17.2. The first-order valence-corrected chi connectivity index (χ1v) is 13.3. The normalized spacial score (nSPS) is 14.9. The minimum absolute atomic E-state index is 0.0873. The number of aryl methyl sites for hydroxylation is 3. The molecule has 1 atom stereocenters. The third-order valence-electron chi connectivity index (χ3n) is 5.48. The van der Waals surface area contributed by atoms with Crippen LogP contribution < -0.4 is 0 Å². The molecule has 1 fully saturated rings. The molecule has 1 aliphatic heterocycles. The van der Waals surface area contributed by atoms with E-state index in [1.54, 1.807) is 0 Å². The standard InChI is InChI=1S/C13H18N4O.C10H14N4.2C2H6/c1-8(2)11-12-13(16-9(3)15-11)17(7-14-12)10-5-4-6-18-10;1-5(2)8-9-10(13-6(3)11-8)14-7(4)12-9;2*1-2/h7-8,10H,4-6H2,1-3H3;5H,1-4H3,(H,11,12,13,14);2*1-2H3. The molecule has 0 aromatic carbocycles. The van der Waals surface area contributed by atoms with Crippen LogP contribution in [0, 0.1) is 20.8 Å². The molecular weight excluding hydrogens is 452 g/mol. The molecule has 0 aliphatic carbocycles. The number of imidazole rings is 2. The van der Waals surface area contributed by atoms with Crippen LogP contribution >= 0.6 is 0 Å². The first-order valence-electron chi connectivity index (χ1n) is 13.3. The van der Waals surface area contributed by atoms with Crippen LogP contribution in [0.3, 0.4) is 0 Å². The number of hydrogen-bond donors (Lipinski definition) is 1. The SMILES string of the molecule is CC.CC.Cc1nc(C(C)C)c2[nH]c(C)nc2n1.Cc1nc(C(C)C)c2ncn(C3CCCO3)c2n1. The van der Waals surface area contributed by atoms with Gasteiger partial charge in [0.15, 0.2) is 11.3 Å². The van der Waals surface area contributed by atoms with Gasteiger partial charge in [-0.1, -0.05) is 55.4 Å². The molecule has 1 unspecified atom stereocenters. The summed E-state index contributed by atoms with van der Waals surface area (Å²) in [5.74, 6) is 3.21. The molecule has 9 heteroatoms. The van der Waals surface area contributed by atoms with E-state index >= 15 is 0 Å². The molecule has 0 radical (unpaired) electrons. The summed E-state index contributed by atoms with van der Waals surface area (Å²) >= 11 is 0. The summed E-state index contributed by atoms with van der Waals surface area (Å²) in [6.07, 6.45) is 4.06. The van der Waals surface area contributed by atoms with Gasteiger partial charge in [-0.2, -0.15) is 0 Å². The van der Waals surface area contributed by atoms with E-state index in [0.717, 1.165) is 70.6 Å². The Morgan fingerprint density at radius 2 is 1.47 bits per heavy atom. The maximum atomic E-state index is 5.71. The van der Waals surface area contributed by atoms with Crippen molar-refractivity contribution in [3.8, 4) is 0 Å². The van der Waals surface area contributed by atoms with Crippen LogP contribution in [0.1, 0.15) is 115 Å². The van der Waals surface area contributed by atoms with Gasteiger partial charge in [0.1, 0.15) is 34.7 Å². The van der Waals surface area contributed by atoms with Gasteiger partial charge < -0.3 is 9.72 Å². The van der Waals surface area contributed by atoms with Crippen molar-refractivity contribution in [3.63, 3.8) is 0 Å². The molecule has 9 nitrogen and oxygen atoms in total. The maximum Gasteiger partial charge on any atom is 0.181 e. The molecular formula is C27H44N8O. The topological polar surface area (TPSA) is 107 Å². The lowest BCUT2D eigenvalue weighted by atomic mass is 10.1. The molecule has 0 saturated carbocycles. The first kappa shape index (κ1) is 29.3. The number of rotatable bonds is 3. The largest absolute Gasteiger partial charge is 0.358 e. The van der Waals surface area contributed by atoms with E-state index in [0.29, 0.717) is 11.8 Å². The Balaban J connectivity index is 0.000000228. The van der Waals surface area contributed by atoms with Gasteiger partial charge in [-0.05, 0) is 45.4 Å². The molecule has 198 valence electrons. The number of H-pyrrole nitrogens is 1. The molecule has 0 amide bonds. The van der Waals surface area contributed by atoms with Crippen molar-refractivity contribution in [2.45, 2.75) is 107 Å². The van der Waals surface area contributed by atoms with E-state index in [4.69, 9.17) is 4.74 Å². The molecule has 1 N–H and O–H groups in total. The highest BCUT2D eigenvalue weighted by Crippen LogP contribution is 2.28. The van der Waals surface area contributed by atoms with Gasteiger partial charge in [0.25, 0.3) is 0 Å². The lowest BCUT2D eigenvalue weighted by Crippen LogP contribution is -2.08. The van der Waals surface area contributed by atoms with Crippen molar-refractivity contribution >= 4 is 22.3 Å². The quantitative estimate of drug-likeness (QED) is 0.336. The predicted molar refractivity (Wildman–Crippen MR) is 146 cm³/mol. The fraction of sp³-hybridized carbons (Fsp3) is 0.630. The summed E-state index contributed by atoms with van der Waals surface area (Å²) in [6, 6.07) is 0. The fourth-order valence-corrected chi connectivity index (χ4v) is 4.01. The molecule has 4 aromatic heterocycles. The molecule has 0 bridgehead atoms. The van der Waals surface area contributed by atoms with Gasteiger partial charge in [-0.3, -0.25) is 4.57 Å². The van der Waals surface area contributed by atoms with Crippen molar-refractivity contribution in [1.29, 1.82) is 0 Å². The average molecular weight is 497 g/mol. The third-order valence-corrected chi connectivity index (χ3v) is 5.48. The molecule has 4 aromatic rings. The minimum Gasteiger partial charge on any atom is -0.358 e. The Bertz CT molecular complexity index is 1240. The summed E-state index contributed by atoms with van der Waals surface area (Å²) in [5.41, 5.74) is 5.63. The number of aromatic nitrogens is 8. The highest BCUT2D eigenvalue weighted by molar-refractivity contribution is 5.74. The summed E-state index contributed by atoms with van der Waals surface area (Å²) in [6.45, 7) is 23.1. The summed E-state index contributed by atoms with van der Waals surface area (Å²) < 4.78 is 7.75. The lowest BCUT2D eigenvalue weighted by Gasteiger charge is -2.12. The second-order valence-corrected chi connectivity index (χ2v) is 8.93. The van der Waals surface area contributed by atoms with Gasteiger partial charge in [0.05, 0.1) is 17.7 Å². The van der Waals surface area contributed by atoms with Gasteiger partial charge in [-0.25, -0.2) is 29.9 Å². The number of nitrogens with zero attached hydrogens (tertiary/aromatic N) is 7. The fourth-order valence-electron chi connectivity index (χ4n) is 4.01. The van der Waals surface area contributed by atoms with Crippen LogP contribution in [0.25, 0.3) is 22.3 Å². The van der Waals surface area contributed by atoms with Gasteiger partial charge in [0.2, 0.25) is 0 Å². The monoisotopic (exact) mass is 496 g/mol. The molecule has 36 heavy (non-hydrogen) atoms. The Kier molecular flexibility index (Phi) is 10.9. The lowest BCUT2D eigenvalue weighted by molar-refractivity contribution is 0.0592. The number of nitrogens with one attached hydrogen (secondary N) is 1. The zero-order valence-electron chi connectivity index (χ0n) is 24.0. The van der Waals surface area contributed by atoms with Gasteiger partial charge in [-0.15, -0.1) is 0 Å². The zero-order valence-corrected chi connectivity index (χ0v) is 24.0. The highest BCUT2D eigenvalue weighted by atomic mass is 16.5. The third kappa shape index (κ3) is 6.63. The highest BCUT2D eigenvalue weighted by Gasteiger charge is 2.22. The van der Waals surface area contributed by atoms with Gasteiger partial charge in [0, 0.05) is 6.61 Å². The van der Waals surface area contributed by atoms with Crippen molar-refractivity contribution in [2.75, 3.05) is 6.61 Å². The summed E-state index contributed by atoms with van der Waals surface area (Å²) in [4.78, 5) is 29.8. The summed E-state index contributed by atoms with van der Waals surface area (Å²) in [7, 11) is 0. The Labute approximate surface area is 215 Å². The molecule has 0 spiro atoms. The van der Waals surface area contributed by atoms with E-state index in [2.05, 4.69) is 62.6 Å². The number of aromatic amines is 1. The second-order valence-electron chi connectivity index (χ2n) is 8.93. The van der Waals surface area contributed by atoms with E-state index in [9.17, 15) is 0 Å². The minimum atomic E-state index is 0.0873. The Morgan fingerprint density at radius 3 is 2.06 bits per heavy atom. The average Bonchev–Trinajstić information content (AvgIpc) is 3.60. The van der Waals surface area contributed by atoms with Crippen LogP contribution in [0.2, 0.25) is 0 Å². The van der Waals surface area contributed by atoms with E-state index in [-0.39, 0.29) is 6.23 Å². The van der Waals surface area contributed by atoms with E-state index in [1.807, 2.05) is 59.4 Å². The summed E-state index contributed by atoms with van der Waals surface area (Å²) in [5, 5.41) is 0. The van der Waals surface area contributed by atoms with Crippen molar-refractivity contribution < 1.29 is 4.74 Å². The van der Waals surface area contributed by atoms with Crippen LogP contribution in [0.4, 0.5) is 0 Å². The van der Waals surface area contributed by atoms with E-state index < -0.39 is 0 Å². The Morgan fingerprint density at radius 1 is 0.861 bits per heavy atom. The van der Waals surface area contributed by atoms with Crippen LogP contribution in [0.5, 0.6) is 0 Å². The number of fused-ring (bicyclic) bond motifs is 2. The second kappa shape index (κ2) is 13.4. The van der Waals surface area contributed by atoms with Gasteiger partial charge >= 0.3 is 0 Å². The van der Waals surface area contributed by atoms with Crippen LogP contribution in [-0.2, 0) is 4.74 Å². The van der Waals surface area contributed by atoms with Crippen molar-refractivity contribution in [3.05, 3.63) is 35.2 Å². The zero-order chi connectivity index (χ0) is 27.0. The van der Waals surface area contributed by atoms with Crippen molar-refractivity contribution in [1.82, 2.24) is 39.5 Å². The maximum absolute atomic E-state index is 5.71. The molecule has 5 rings (SSSR count). The van der Waals surface area contributed by atoms with Crippen LogP contribution in [-0.4, -0.2) is 46.1 Å². The molecule has 5 heterocycles. The number of ether oxygens (including phenoxy) is 1. The molecule has 1 saturated heterocycles. The smallest absolute Gasteiger partial charge is 0.181 e. The number of hydrogen-bond acceptors (Lipinski definition) is 7. The predicted octanol–water partition coefficient (Wildman–Crippen LogP) is 6.71. The van der Waals surface area contributed by atoms with Crippen molar-refractivity contribution in [2.24, 2.45) is 0 Å². The molecule has 1 aliphatic rings. The van der Waals surface area contributed by atoms with E-state index in [1.165, 1.54) is 0 Å². The van der Waals surface area contributed by atoms with Crippen LogP contribution in [0.15, 0.2) is 6.33 Å².